The number of carbonyl (C=O) groups is 2. The first-order valence-electron chi connectivity index (χ1n) is 7.00. The predicted molar refractivity (Wildman–Crippen MR) is 86.2 cm³/mol. The molecule has 0 aliphatic rings. The number of methoxy groups -OCH3 is 1. The first-order valence-corrected chi connectivity index (χ1v) is 7.98. The molecule has 2 rings (SSSR count). The van der Waals surface area contributed by atoms with E-state index < -0.39 is 18.2 Å². The minimum Gasteiger partial charge on any atom is -0.465 e. The number of thioether (sulfide) groups is 1. The summed E-state index contributed by atoms with van der Waals surface area (Å²) in [6.45, 7) is 1.45. The molecule has 0 bridgehead atoms. The van der Waals surface area contributed by atoms with E-state index in [1.54, 1.807) is 18.2 Å². The molecule has 0 aliphatic carbocycles. The molecule has 0 saturated heterocycles. The van der Waals surface area contributed by atoms with Gasteiger partial charge in [0, 0.05) is 18.1 Å². The molecule has 1 heterocycles. The number of aliphatic hydroxyl groups excluding tert-OH is 2. The van der Waals surface area contributed by atoms with Crippen LogP contribution in [-0.4, -0.2) is 50.5 Å². The maximum atomic E-state index is 11.5. The van der Waals surface area contributed by atoms with Crippen LogP contribution in [0.25, 0.3) is 10.9 Å². The van der Waals surface area contributed by atoms with Gasteiger partial charge in [-0.2, -0.15) is 5.10 Å². The summed E-state index contributed by atoms with van der Waals surface area (Å²) >= 11 is 1.10. The molecule has 2 unspecified atom stereocenters. The van der Waals surface area contributed by atoms with Gasteiger partial charge in [-0.05, 0) is 24.6 Å². The van der Waals surface area contributed by atoms with Gasteiger partial charge in [0.2, 0.25) is 0 Å². The lowest BCUT2D eigenvalue weighted by Crippen LogP contribution is -2.19. The van der Waals surface area contributed by atoms with Crippen molar-refractivity contribution in [3.8, 4) is 0 Å². The topological polar surface area (TPSA) is 113 Å². The van der Waals surface area contributed by atoms with Gasteiger partial charge in [-0.1, -0.05) is 11.8 Å². The number of aromatic nitrogens is 2. The Morgan fingerprint density at radius 3 is 2.78 bits per heavy atom. The van der Waals surface area contributed by atoms with Crippen molar-refractivity contribution in [2.24, 2.45) is 0 Å². The van der Waals surface area contributed by atoms with Crippen molar-refractivity contribution in [2.75, 3.05) is 12.9 Å². The van der Waals surface area contributed by atoms with Gasteiger partial charge in [0.05, 0.1) is 30.0 Å². The molecule has 1 aromatic carbocycles. The molecule has 1 aromatic heterocycles. The van der Waals surface area contributed by atoms with E-state index in [4.69, 9.17) is 0 Å². The van der Waals surface area contributed by atoms with Crippen LogP contribution < -0.4 is 0 Å². The Bertz CT molecular complexity index is 715. The molecule has 0 amide bonds. The molecule has 2 aromatic rings. The summed E-state index contributed by atoms with van der Waals surface area (Å²) in [6.07, 6.45) is -1.91. The van der Waals surface area contributed by atoms with Crippen LogP contribution in [0.5, 0.6) is 0 Å². The fourth-order valence-corrected chi connectivity index (χ4v) is 2.82. The number of aliphatic hydroxyl groups is 2. The maximum Gasteiger partial charge on any atom is 0.337 e. The molecular formula is C15H18N2O5S. The number of ether oxygens (including phenoxy) is 1. The van der Waals surface area contributed by atoms with Crippen molar-refractivity contribution in [1.82, 2.24) is 10.2 Å². The number of fused-ring (bicyclic) bond motifs is 1. The number of rotatable bonds is 6. The summed E-state index contributed by atoms with van der Waals surface area (Å²) in [4.78, 5) is 22.4. The van der Waals surface area contributed by atoms with Gasteiger partial charge in [0.1, 0.15) is 6.10 Å². The van der Waals surface area contributed by atoms with E-state index in [0.717, 1.165) is 11.8 Å². The SMILES string of the molecule is COC(=O)c1ccc2c(C(O)C(O)CCSC(C)=O)[nH]nc2c1. The monoisotopic (exact) mass is 338 g/mol. The molecule has 3 N–H and O–H groups in total. The molecule has 0 saturated carbocycles. The second-order valence-corrected chi connectivity index (χ2v) is 6.27. The van der Waals surface area contributed by atoms with Gasteiger partial charge < -0.3 is 14.9 Å². The lowest BCUT2D eigenvalue weighted by atomic mass is 10.0. The van der Waals surface area contributed by atoms with Crippen molar-refractivity contribution in [1.29, 1.82) is 0 Å². The van der Waals surface area contributed by atoms with E-state index in [9.17, 15) is 19.8 Å². The van der Waals surface area contributed by atoms with Crippen LogP contribution >= 0.6 is 11.8 Å². The highest BCUT2D eigenvalue weighted by molar-refractivity contribution is 8.13. The molecular weight excluding hydrogens is 320 g/mol. The second kappa shape index (κ2) is 7.58. The van der Waals surface area contributed by atoms with Crippen molar-refractivity contribution >= 4 is 33.7 Å². The Kier molecular flexibility index (Phi) is 5.75. The Morgan fingerprint density at radius 1 is 1.39 bits per heavy atom. The molecule has 124 valence electrons. The highest BCUT2D eigenvalue weighted by atomic mass is 32.2. The summed E-state index contributed by atoms with van der Waals surface area (Å²) in [5.41, 5.74) is 1.22. The number of hydrogen-bond acceptors (Lipinski definition) is 7. The van der Waals surface area contributed by atoms with E-state index in [-0.39, 0.29) is 11.5 Å². The van der Waals surface area contributed by atoms with Crippen LogP contribution in [0.4, 0.5) is 0 Å². The maximum absolute atomic E-state index is 11.5. The van der Waals surface area contributed by atoms with Crippen LogP contribution in [-0.2, 0) is 9.53 Å². The first kappa shape index (κ1) is 17.5. The molecule has 7 nitrogen and oxygen atoms in total. The average Bonchev–Trinajstić information content (AvgIpc) is 2.95. The minimum absolute atomic E-state index is 0.0333. The summed E-state index contributed by atoms with van der Waals surface area (Å²) < 4.78 is 4.65. The number of H-pyrrole nitrogens is 1. The lowest BCUT2D eigenvalue weighted by molar-refractivity contribution is -0.109. The summed E-state index contributed by atoms with van der Waals surface area (Å²) in [6, 6.07) is 4.75. The molecule has 0 radical (unpaired) electrons. The number of nitrogens with one attached hydrogen (secondary N) is 1. The Labute approximate surface area is 137 Å². The molecule has 0 spiro atoms. The number of nitrogens with zero attached hydrogens (tertiary/aromatic N) is 1. The number of carbonyl (C=O) groups excluding carboxylic acids is 2. The van der Waals surface area contributed by atoms with E-state index in [1.165, 1.54) is 14.0 Å². The van der Waals surface area contributed by atoms with E-state index >= 15 is 0 Å². The lowest BCUT2D eigenvalue weighted by Gasteiger charge is -2.16. The third-order valence-corrected chi connectivity index (χ3v) is 4.23. The number of aromatic amines is 1. The summed E-state index contributed by atoms with van der Waals surface area (Å²) in [5.74, 6) is -0.0511. The quantitative estimate of drug-likeness (QED) is 0.683. The van der Waals surface area contributed by atoms with Gasteiger partial charge in [-0.3, -0.25) is 9.89 Å². The van der Waals surface area contributed by atoms with Crippen LogP contribution in [0.15, 0.2) is 18.2 Å². The normalized spacial score (nSPS) is 13.7. The predicted octanol–water partition coefficient (Wildman–Crippen LogP) is 1.41. The van der Waals surface area contributed by atoms with Crippen molar-refractivity contribution in [3.05, 3.63) is 29.5 Å². The van der Waals surface area contributed by atoms with Gasteiger partial charge >= 0.3 is 5.97 Å². The molecule has 2 atom stereocenters. The highest BCUT2D eigenvalue weighted by Gasteiger charge is 2.23. The third-order valence-electron chi connectivity index (χ3n) is 3.38. The van der Waals surface area contributed by atoms with Crippen LogP contribution in [0, 0.1) is 0 Å². The van der Waals surface area contributed by atoms with E-state index in [2.05, 4.69) is 14.9 Å². The molecule has 0 fully saturated rings. The van der Waals surface area contributed by atoms with Crippen molar-refractivity contribution in [3.63, 3.8) is 0 Å². The van der Waals surface area contributed by atoms with Gasteiger partial charge in [0.25, 0.3) is 0 Å². The average molecular weight is 338 g/mol. The van der Waals surface area contributed by atoms with Crippen LogP contribution in [0.2, 0.25) is 0 Å². The number of hydrogen-bond donors (Lipinski definition) is 3. The summed E-state index contributed by atoms with van der Waals surface area (Å²) in [5, 5.41) is 27.6. The third kappa shape index (κ3) is 4.10. The molecule has 0 aliphatic heterocycles. The van der Waals surface area contributed by atoms with Gasteiger partial charge in [0.15, 0.2) is 5.12 Å². The van der Waals surface area contributed by atoms with Crippen molar-refractivity contribution < 1.29 is 24.5 Å². The zero-order chi connectivity index (χ0) is 17.0. The van der Waals surface area contributed by atoms with E-state index in [1.807, 2.05) is 0 Å². The number of esters is 1. The Balaban J connectivity index is 2.16. The largest absolute Gasteiger partial charge is 0.465 e. The second-order valence-electron chi connectivity index (χ2n) is 5.00. The zero-order valence-electron chi connectivity index (χ0n) is 12.8. The standard InChI is InChI=1S/C15H18N2O5S/c1-8(18)23-6-5-12(19)14(20)13-10-4-3-9(15(21)22-2)7-11(10)16-17-13/h3-4,7,12,14,19-20H,5-6H2,1-2H3,(H,16,17). The molecule has 8 heteroatoms. The highest BCUT2D eigenvalue weighted by Crippen LogP contribution is 2.26. The van der Waals surface area contributed by atoms with Crippen molar-refractivity contribution in [2.45, 2.75) is 25.6 Å². The van der Waals surface area contributed by atoms with E-state index in [0.29, 0.717) is 27.9 Å². The summed E-state index contributed by atoms with van der Waals surface area (Å²) in [7, 11) is 1.29. The van der Waals surface area contributed by atoms with Gasteiger partial charge in [-0.25, -0.2) is 4.79 Å². The first-order chi connectivity index (χ1) is 10.9. The fourth-order valence-electron chi connectivity index (χ4n) is 2.18. The smallest absolute Gasteiger partial charge is 0.337 e. The Morgan fingerprint density at radius 2 is 2.13 bits per heavy atom. The minimum atomic E-state index is -1.16. The van der Waals surface area contributed by atoms with Gasteiger partial charge in [-0.15, -0.1) is 0 Å². The van der Waals surface area contributed by atoms with Crippen LogP contribution in [0.3, 0.4) is 0 Å². The molecule has 23 heavy (non-hydrogen) atoms. The Hall–Kier alpha value is -1.90. The number of benzene rings is 1. The fraction of sp³-hybridized carbons (Fsp3) is 0.400. The van der Waals surface area contributed by atoms with Crippen LogP contribution in [0.1, 0.15) is 35.5 Å². The zero-order valence-corrected chi connectivity index (χ0v) is 13.6.